The molecule has 0 radical (unpaired) electrons. The molecule has 0 aliphatic carbocycles. The van der Waals surface area contributed by atoms with Crippen molar-refractivity contribution in [2.75, 3.05) is 39.9 Å². The van der Waals surface area contributed by atoms with Crippen LogP contribution in [-0.2, 0) is 15.1 Å². The SMILES string of the molecule is CCOC(=O)C1NNCC1CN1CCC(O)(c2ccccc2OC)CC1. The number of aliphatic hydroxyl groups is 1. The van der Waals surface area contributed by atoms with E-state index in [0.717, 1.165) is 37.5 Å². The molecule has 7 nitrogen and oxygen atoms in total. The zero-order valence-electron chi connectivity index (χ0n) is 15.5. The highest BCUT2D eigenvalue weighted by Crippen LogP contribution is 2.38. The van der Waals surface area contributed by atoms with Crippen molar-refractivity contribution in [3.63, 3.8) is 0 Å². The van der Waals surface area contributed by atoms with Crippen molar-refractivity contribution >= 4 is 5.97 Å². The maximum Gasteiger partial charge on any atom is 0.324 e. The Kier molecular flexibility index (Phi) is 6.13. The van der Waals surface area contributed by atoms with Crippen LogP contribution in [0.5, 0.6) is 5.75 Å². The smallest absolute Gasteiger partial charge is 0.324 e. The standard InChI is InChI=1S/C19H29N3O4/c1-3-26-18(23)17-14(12-20-21-17)13-22-10-8-19(24,9-11-22)15-6-4-5-7-16(15)25-2/h4-7,14,17,20-21,24H,3,8-13H2,1-2H3. The summed E-state index contributed by atoms with van der Waals surface area (Å²) in [4.78, 5) is 14.4. The fourth-order valence-corrected chi connectivity index (χ4v) is 3.92. The molecule has 2 aliphatic rings. The molecule has 0 spiro atoms. The molecule has 2 heterocycles. The second kappa shape index (κ2) is 8.35. The Morgan fingerprint density at radius 1 is 1.35 bits per heavy atom. The first-order valence-electron chi connectivity index (χ1n) is 9.30. The van der Waals surface area contributed by atoms with Crippen molar-refractivity contribution in [2.24, 2.45) is 5.92 Å². The van der Waals surface area contributed by atoms with Crippen molar-refractivity contribution in [1.82, 2.24) is 15.8 Å². The lowest BCUT2D eigenvalue weighted by molar-refractivity contribution is -0.146. The number of nitrogens with zero attached hydrogens (tertiary/aromatic N) is 1. The van der Waals surface area contributed by atoms with Gasteiger partial charge in [0.1, 0.15) is 11.8 Å². The number of methoxy groups -OCH3 is 1. The van der Waals surface area contributed by atoms with Crippen LogP contribution in [0.25, 0.3) is 0 Å². The van der Waals surface area contributed by atoms with E-state index < -0.39 is 5.60 Å². The van der Waals surface area contributed by atoms with Crippen LogP contribution >= 0.6 is 0 Å². The quantitative estimate of drug-likeness (QED) is 0.640. The number of nitrogens with one attached hydrogen (secondary N) is 2. The number of likely N-dealkylation sites (tertiary alicyclic amines) is 1. The van der Waals surface area contributed by atoms with Crippen molar-refractivity contribution in [2.45, 2.75) is 31.4 Å². The first-order chi connectivity index (χ1) is 12.6. The molecule has 0 bridgehead atoms. The molecule has 0 saturated carbocycles. The number of ether oxygens (including phenoxy) is 2. The minimum absolute atomic E-state index is 0.159. The molecule has 144 valence electrons. The van der Waals surface area contributed by atoms with Crippen LogP contribution in [0.4, 0.5) is 0 Å². The minimum atomic E-state index is -0.865. The fourth-order valence-electron chi connectivity index (χ4n) is 3.92. The highest BCUT2D eigenvalue weighted by molar-refractivity contribution is 5.76. The van der Waals surface area contributed by atoms with Gasteiger partial charge in [-0.3, -0.25) is 10.2 Å². The fraction of sp³-hybridized carbons (Fsp3) is 0.632. The zero-order chi connectivity index (χ0) is 18.6. The maximum atomic E-state index is 12.1. The van der Waals surface area contributed by atoms with Crippen LogP contribution in [-0.4, -0.2) is 61.9 Å². The third-order valence-corrected chi connectivity index (χ3v) is 5.42. The zero-order valence-corrected chi connectivity index (χ0v) is 15.5. The van der Waals surface area contributed by atoms with Gasteiger partial charge in [0.15, 0.2) is 0 Å². The number of rotatable bonds is 6. The number of piperidine rings is 1. The second-order valence-corrected chi connectivity index (χ2v) is 7.05. The molecule has 2 atom stereocenters. The molecule has 0 aromatic heterocycles. The van der Waals surface area contributed by atoms with Crippen LogP contribution in [0.1, 0.15) is 25.3 Å². The summed E-state index contributed by atoms with van der Waals surface area (Å²) in [5, 5.41) is 11.1. The molecule has 26 heavy (non-hydrogen) atoms. The molecule has 3 N–H and O–H groups in total. The van der Waals surface area contributed by atoms with E-state index >= 15 is 0 Å². The average molecular weight is 363 g/mol. The van der Waals surface area contributed by atoms with Gasteiger partial charge >= 0.3 is 5.97 Å². The lowest BCUT2D eigenvalue weighted by atomic mass is 9.83. The Hall–Kier alpha value is -1.67. The van der Waals surface area contributed by atoms with Gasteiger partial charge in [-0.2, -0.15) is 0 Å². The van der Waals surface area contributed by atoms with Crippen LogP contribution in [0.2, 0.25) is 0 Å². The third-order valence-electron chi connectivity index (χ3n) is 5.42. The molecular formula is C19H29N3O4. The van der Waals surface area contributed by atoms with E-state index in [1.807, 2.05) is 31.2 Å². The number of carbonyl (C=O) groups is 1. The largest absolute Gasteiger partial charge is 0.496 e. The molecule has 0 amide bonds. The first-order valence-corrected chi connectivity index (χ1v) is 9.30. The Morgan fingerprint density at radius 3 is 2.77 bits per heavy atom. The average Bonchev–Trinajstić information content (AvgIpc) is 3.12. The van der Waals surface area contributed by atoms with E-state index in [0.29, 0.717) is 19.4 Å². The van der Waals surface area contributed by atoms with Crippen LogP contribution in [0, 0.1) is 5.92 Å². The summed E-state index contributed by atoms with van der Waals surface area (Å²) in [5.74, 6) is 0.687. The number of hydrazine groups is 1. The van der Waals surface area contributed by atoms with Gasteiger partial charge in [-0.25, -0.2) is 5.43 Å². The molecule has 3 rings (SSSR count). The monoisotopic (exact) mass is 363 g/mol. The highest BCUT2D eigenvalue weighted by Gasteiger charge is 2.39. The van der Waals surface area contributed by atoms with Crippen molar-refractivity contribution < 1.29 is 19.4 Å². The summed E-state index contributed by atoms with van der Waals surface area (Å²) in [6, 6.07) is 7.36. The number of carbonyl (C=O) groups excluding carboxylic acids is 1. The van der Waals surface area contributed by atoms with Gasteiger partial charge in [0, 0.05) is 37.7 Å². The summed E-state index contributed by atoms with van der Waals surface area (Å²) in [6.45, 7) is 5.29. The number of para-hydroxylation sites is 1. The lowest BCUT2D eigenvalue weighted by Crippen LogP contribution is -2.47. The van der Waals surface area contributed by atoms with E-state index in [1.165, 1.54) is 0 Å². The Balaban J connectivity index is 1.59. The van der Waals surface area contributed by atoms with E-state index in [9.17, 15) is 9.90 Å². The van der Waals surface area contributed by atoms with Gasteiger partial charge in [-0.15, -0.1) is 0 Å². The van der Waals surface area contributed by atoms with Crippen molar-refractivity contribution in [1.29, 1.82) is 0 Å². The normalized spacial score (nSPS) is 25.8. The summed E-state index contributed by atoms with van der Waals surface area (Å²) >= 11 is 0. The summed E-state index contributed by atoms with van der Waals surface area (Å²) in [6.07, 6.45) is 1.29. The van der Waals surface area contributed by atoms with E-state index in [1.54, 1.807) is 7.11 Å². The summed E-state index contributed by atoms with van der Waals surface area (Å²) < 4.78 is 10.6. The van der Waals surface area contributed by atoms with Gasteiger partial charge < -0.3 is 19.5 Å². The molecule has 2 saturated heterocycles. The molecular weight excluding hydrogens is 334 g/mol. The summed E-state index contributed by atoms with van der Waals surface area (Å²) in [5.41, 5.74) is 6.08. The van der Waals surface area contributed by atoms with E-state index in [4.69, 9.17) is 9.47 Å². The van der Waals surface area contributed by atoms with Crippen LogP contribution in [0.15, 0.2) is 24.3 Å². The van der Waals surface area contributed by atoms with Gasteiger partial charge in [-0.05, 0) is 25.8 Å². The van der Waals surface area contributed by atoms with Gasteiger partial charge in [0.05, 0.1) is 19.3 Å². The van der Waals surface area contributed by atoms with Crippen LogP contribution in [0.3, 0.4) is 0 Å². The second-order valence-electron chi connectivity index (χ2n) is 7.05. The maximum absolute atomic E-state index is 12.1. The number of benzene rings is 1. The lowest BCUT2D eigenvalue weighted by Gasteiger charge is -2.40. The predicted molar refractivity (Wildman–Crippen MR) is 97.6 cm³/mol. The van der Waals surface area contributed by atoms with Gasteiger partial charge in [-0.1, -0.05) is 18.2 Å². The number of hydrogen-bond acceptors (Lipinski definition) is 7. The Morgan fingerprint density at radius 2 is 2.08 bits per heavy atom. The molecule has 7 heteroatoms. The number of esters is 1. The van der Waals surface area contributed by atoms with Crippen molar-refractivity contribution in [3.8, 4) is 5.75 Å². The third kappa shape index (κ3) is 4.01. The summed E-state index contributed by atoms with van der Waals surface area (Å²) in [7, 11) is 1.63. The first kappa shape index (κ1) is 19.1. The molecule has 1 aromatic carbocycles. The van der Waals surface area contributed by atoms with Gasteiger partial charge in [0.25, 0.3) is 0 Å². The van der Waals surface area contributed by atoms with Crippen LogP contribution < -0.4 is 15.6 Å². The number of hydrogen-bond donors (Lipinski definition) is 3. The Bertz CT molecular complexity index is 617. The Labute approximate surface area is 154 Å². The van der Waals surface area contributed by atoms with E-state index in [2.05, 4.69) is 15.8 Å². The van der Waals surface area contributed by atoms with Gasteiger partial charge in [0.2, 0.25) is 0 Å². The molecule has 2 fully saturated rings. The minimum Gasteiger partial charge on any atom is -0.496 e. The topological polar surface area (TPSA) is 83.1 Å². The predicted octanol–water partition coefficient (Wildman–Crippen LogP) is 0.634. The molecule has 2 aliphatic heterocycles. The van der Waals surface area contributed by atoms with E-state index in [-0.39, 0.29) is 17.9 Å². The highest BCUT2D eigenvalue weighted by atomic mass is 16.5. The van der Waals surface area contributed by atoms with Crippen molar-refractivity contribution in [3.05, 3.63) is 29.8 Å². The molecule has 2 unspecified atom stereocenters. The molecule has 1 aromatic rings.